The smallest absolute Gasteiger partial charge is 0.408 e. The number of ketones is 1. The summed E-state index contributed by atoms with van der Waals surface area (Å²) in [5, 5.41) is 2.54. The van der Waals surface area contributed by atoms with Gasteiger partial charge in [-0.1, -0.05) is 17.7 Å². The van der Waals surface area contributed by atoms with E-state index in [-0.39, 0.29) is 48.3 Å². The molecule has 9 nitrogen and oxygen atoms in total. The number of hydrogen-bond acceptors (Lipinski definition) is 8. The van der Waals surface area contributed by atoms with Crippen LogP contribution in [0.4, 0.5) is 4.79 Å². The van der Waals surface area contributed by atoms with Crippen molar-refractivity contribution in [2.45, 2.75) is 61.8 Å². The van der Waals surface area contributed by atoms with Crippen molar-refractivity contribution >= 4 is 39.6 Å². The second-order valence-electron chi connectivity index (χ2n) is 9.82. The summed E-state index contributed by atoms with van der Waals surface area (Å²) in [5.74, 6) is -0.629. The molecule has 1 aliphatic heterocycles. The van der Waals surface area contributed by atoms with Crippen LogP contribution in [0, 0.1) is 12.8 Å². The summed E-state index contributed by atoms with van der Waals surface area (Å²) in [5.41, 5.74) is 0.219. The van der Waals surface area contributed by atoms with Crippen LogP contribution < -0.4 is 5.32 Å². The van der Waals surface area contributed by atoms with Crippen molar-refractivity contribution in [3.8, 4) is 0 Å². The Balaban J connectivity index is 1.76. The molecule has 1 aliphatic carbocycles. The molecule has 1 saturated heterocycles. The predicted octanol–water partition coefficient (Wildman–Crippen LogP) is 2.52. The zero-order chi connectivity index (χ0) is 25.3. The fourth-order valence-electron chi connectivity index (χ4n) is 4.30. The van der Waals surface area contributed by atoms with Gasteiger partial charge in [-0.25, -0.2) is 18.0 Å². The van der Waals surface area contributed by atoms with Crippen LogP contribution in [-0.4, -0.2) is 72.9 Å². The number of methoxy groups -OCH3 is 1. The van der Waals surface area contributed by atoms with Gasteiger partial charge in [0.25, 0.3) is 0 Å². The molecule has 1 aromatic rings. The van der Waals surface area contributed by atoms with Crippen molar-refractivity contribution in [3.63, 3.8) is 0 Å². The number of benzene rings is 1. The minimum Gasteiger partial charge on any atom is -0.467 e. The van der Waals surface area contributed by atoms with Gasteiger partial charge in [-0.3, -0.25) is 4.79 Å². The third-order valence-electron chi connectivity index (χ3n) is 5.96. The first kappa shape index (κ1) is 26.5. The predicted molar refractivity (Wildman–Crippen MR) is 128 cm³/mol. The van der Waals surface area contributed by atoms with E-state index in [1.807, 2.05) is 6.92 Å². The number of aryl methyl sites for hydroxylation is 1. The maximum Gasteiger partial charge on any atom is 0.408 e. The third kappa shape index (κ3) is 5.92. The Kier molecular flexibility index (Phi) is 7.69. The minimum atomic E-state index is -3.72. The highest BCUT2D eigenvalue weighted by Gasteiger charge is 2.56. The SMILES string of the molecule is COC(=O)C(CSC12CC(=O)CC1CN(S(=O)(=O)c1ccc(C)cc1)C2)NC(=O)OC(C)(C)C. The summed E-state index contributed by atoms with van der Waals surface area (Å²) in [7, 11) is -2.50. The van der Waals surface area contributed by atoms with Crippen LogP contribution in [0.15, 0.2) is 29.2 Å². The lowest BCUT2D eigenvalue weighted by molar-refractivity contribution is -0.142. The van der Waals surface area contributed by atoms with E-state index < -0.39 is 38.5 Å². The van der Waals surface area contributed by atoms with Crippen molar-refractivity contribution in [1.29, 1.82) is 0 Å². The Labute approximate surface area is 205 Å². The molecule has 1 N–H and O–H groups in total. The van der Waals surface area contributed by atoms with E-state index in [1.165, 1.54) is 23.2 Å². The molecule has 1 saturated carbocycles. The summed E-state index contributed by atoms with van der Waals surface area (Å²) < 4.78 is 37.4. The Morgan fingerprint density at radius 1 is 1.26 bits per heavy atom. The van der Waals surface area contributed by atoms with E-state index in [9.17, 15) is 22.8 Å². The maximum absolute atomic E-state index is 13.3. The highest BCUT2D eigenvalue weighted by molar-refractivity contribution is 8.00. The number of ether oxygens (including phenoxy) is 2. The van der Waals surface area contributed by atoms with Crippen LogP contribution in [0.5, 0.6) is 0 Å². The van der Waals surface area contributed by atoms with Gasteiger partial charge in [0.1, 0.15) is 17.4 Å². The van der Waals surface area contributed by atoms with Gasteiger partial charge in [0.15, 0.2) is 0 Å². The van der Waals surface area contributed by atoms with Crippen molar-refractivity contribution in [2.75, 3.05) is 26.0 Å². The maximum atomic E-state index is 13.3. The normalized spacial score (nSPS) is 23.9. The third-order valence-corrected chi connectivity index (χ3v) is 9.46. The van der Waals surface area contributed by atoms with Gasteiger partial charge in [0.2, 0.25) is 10.0 Å². The number of thioether (sulfide) groups is 1. The highest BCUT2D eigenvalue weighted by atomic mass is 32.2. The minimum absolute atomic E-state index is 0.0691. The molecule has 1 aromatic carbocycles. The number of carbonyl (C=O) groups excluding carboxylic acids is 3. The van der Waals surface area contributed by atoms with Gasteiger partial charge in [0, 0.05) is 36.4 Å². The first-order valence-corrected chi connectivity index (χ1v) is 13.5. The molecule has 3 unspecified atom stereocenters. The number of rotatable bonds is 7. The van der Waals surface area contributed by atoms with Crippen molar-refractivity contribution in [2.24, 2.45) is 5.92 Å². The Bertz CT molecular complexity index is 1050. The van der Waals surface area contributed by atoms with Crippen LogP contribution in [-0.2, 0) is 29.1 Å². The molecule has 188 valence electrons. The van der Waals surface area contributed by atoms with E-state index in [4.69, 9.17) is 9.47 Å². The molecular weight excluding hydrogens is 480 g/mol. The number of Topliss-reactive ketones (excluding diaryl/α,β-unsaturated/α-hetero) is 1. The quantitative estimate of drug-likeness (QED) is 0.554. The fraction of sp³-hybridized carbons (Fsp3) is 0.609. The number of nitrogens with zero attached hydrogens (tertiary/aromatic N) is 1. The zero-order valence-electron chi connectivity index (χ0n) is 20.1. The number of alkyl carbamates (subject to hydrolysis) is 1. The highest BCUT2D eigenvalue weighted by Crippen LogP contribution is 2.50. The number of carbonyl (C=O) groups is 3. The summed E-state index contributed by atoms with van der Waals surface area (Å²) in [6, 6.07) is 5.67. The van der Waals surface area contributed by atoms with Crippen LogP contribution in [0.2, 0.25) is 0 Å². The van der Waals surface area contributed by atoms with Crippen molar-refractivity contribution in [3.05, 3.63) is 29.8 Å². The molecular formula is C23H32N2O7S2. The van der Waals surface area contributed by atoms with Crippen LogP contribution in [0.3, 0.4) is 0 Å². The topological polar surface area (TPSA) is 119 Å². The summed E-state index contributed by atoms with van der Waals surface area (Å²) in [4.78, 5) is 37.1. The number of esters is 1. The number of fused-ring (bicyclic) bond motifs is 1. The molecule has 1 amide bonds. The van der Waals surface area contributed by atoms with E-state index >= 15 is 0 Å². The molecule has 3 atom stereocenters. The second kappa shape index (κ2) is 9.87. The monoisotopic (exact) mass is 512 g/mol. The molecule has 0 spiro atoms. The zero-order valence-corrected chi connectivity index (χ0v) is 21.8. The number of sulfonamides is 1. The Hall–Kier alpha value is -2.11. The average Bonchev–Trinajstić information content (AvgIpc) is 3.22. The molecule has 34 heavy (non-hydrogen) atoms. The van der Waals surface area contributed by atoms with Gasteiger partial charge < -0.3 is 14.8 Å². The Morgan fingerprint density at radius 3 is 2.50 bits per heavy atom. The molecule has 0 aromatic heterocycles. The summed E-state index contributed by atoms with van der Waals surface area (Å²) in [6.45, 7) is 7.41. The van der Waals surface area contributed by atoms with E-state index in [0.717, 1.165) is 5.56 Å². The molecule has 1 heterocycles. The fourth-order valence-corrected chi connectivity index (χ4v) is 7.56. The van der Waals surface area contributed by atoms with E-state index in [0.29, 0.717) is 0 Å². The van der Waals surface area contributed by atoms with Crippen molar-refractivity contribution in [1.82, 2.24) is 9.62 Å². The van der Waals surface area contributed by atoms with Crippen LogP contribution in [0.1, 0.15) is 39.2 Å². The molecule has 0 bridgehead atoms. The lowest BCUT2D eigenvalue weighted by Crippen LogP contribution is -2.46. The number of nitrogens with one attached hydrogen (secondary N) is 1. The first-order valence-electron chi connectivity index (χ1n) is 11.1. The average molecular weight is 513 g/mol. The number of hydrogen-bond donors (Lipinski definition) is 1. The summed E-state index contributed by atoms with van der Waals surface area (Å²) in [6.07, 6.45) is -0.257. The lowest BCUT2D eigenvalue weighted by Gasteiger charge is -2.29. The summed E-state index contributed by atoms with van der Waals surface area (Å²) >= 11 is 1.34. The van der Waals surface area contributed by atoms with Crippen molar-refractivity contribution < 1.29 is 32.3 Å². The van der Waals surface area contributed by atoms with Crippen LogP contribution >= 0.6 is 11.8 Å². The first-order chi connectivity index (χ1) is 15.8. The van der Waals surface area contributed by atoms with Gasteiger partial charge in [-0.15, -0.1) is 0 Å². The molecule has 0 radical (unpaired) electrons. The van der Waals surface area contributed by atoms with Gasteiger partial charge in [-0.2, -0.15) is 16.1 Å². The van der Waals surface area contributed by atoms with Gasteiger partial charge in [0.05, 0.1) is 12.0 Å². The second-order valence-corrected chi connectivity index (χ2v) is 13.2. The lowest BCUT2D eigenvalue weighted by atomic mass is 10.00. The molecule has 3 rings (SSSR count). The number of amides is 1. The van der Waals surface area contributed by atoms with Gasteiger partial charge in [-0.05, 0) is 45.7 Å². The molecule has 2 aliphatic rings. The molecule has 11 heteroatoms. The standard InChI is InChI=1S/C23H32N2O7S2/c1-15-6-8-18(9-7-15)34(29,30)25-12-16-10-17(26)11-23(16,14-25)33-13-19(20(27)31-5)24-21(28)32-22(2,3)4/h6-9,16,19H,10-14H2,1-5H3,(H,24,28). The van der Waals surface area contributed by atoms with Crippen LogP contribution in [0.25, 0.3) is 0 Å². The Morgan fingerprint density at radius 2 is 1.91 bits per heavy atom. The van der Waals surface area contributed by atoms with E-state index in [1.54, 1.807) is 45.0 Å². The molecule has 2 fully saturated rings. The van der Waals surface area contributed by atoms with Gasteiger partial charge >= 0.3 is 12.1 Å². The van der Waals surface area contributed by atoms with E-state index in [2.05, 4.69) is 5.32 Å². The largest absolute Gasteiger partial charge is 0.467 e.